The molecule has 2 atom stereocenters. The van der Waals surface area contributed by atoms with Crippen molar-refractivity contribution >= 4 is 24.0 Å². The Morgan fingerprint density at radius 2 is 1.90 bits per heavy atom. The first-order valence-corrected chi connectivity index (χ1v) is 9.82. The summed E-state index contributed by atoms with van der Waals surface area (Å²) in [6, 6.07) is 10.2. The summed E-state index contributed by atoms with van der Waals surface area (Å²) in [5.74, 6) is 12.6. The zero-order valence-electron chi connectivity index (χ0n) is 16.4. The van der Waals surface area contributed by atoms with E-state index < -0.39 is 4.92 Å². The quantitative estimate of drug-likeness (QED) is 0.172. The molecule has 0 fully saturated rings. The van der Waals surface area contributed by atoms with Crippen molar-refractivity contribution in [1.82, 2.24) is 0 Å². The van der Waals surface area contributed by atoms with Crippen LogP contribution >= 0.6 is 12.6 Å². The zero-order chi connectivity index (χ0) is 21.0. The molecule has 29 heavy (non-hydrogen) atoms. The fourth-order valence-corrected chi connectivity index (χ4v) is 3.20. The van der Waals surface area contributed by atoms with Gasteiger partial charge in [0.05, 0.1) is 10.5 Å². The third-order valence-electron chi connectivity index (χ3n) is 4.97. The van der Waals surface area contributed by atoms with Gasteiger partial charge in [0.15, 0.2) is 0 Å². The molecule has 146 valence electrons. The molecule has 0 spiro atoms. The van der Waals surface area contributed by atoms with E-state index in [0.29, 0.717) is 17.2 Å². The monoisotopic (exact) mass is 402 g/mol. The molecule has 2 N–H and O–H groups in total. The van der Waals surface area contributed by atoms with E-state index in [9.17, 15) is 10.1 Å². The molecular formula is C24H22N2O2S. The van der Waals surface area contributed by atoms with Crippen LogP contribution in [0.5, 0.6) is 0 Å². The molecule has 0 aromatic heterocycles. The summed E-state index contributed by atoms with van der Waals surface area (Å²) in [6.45, 7) is 4.25. The number of allylic oxidation sites excluding steroid dienone is 2. The van der Waals surface area contributed by atoms with E-state index in [-0.39, 0.29) is 16.7 Å². The smallest absolute Gasteiger partial charge is 0.286 e. The van der Waals surface area contributed by atoms with Gasteiger partial charge in [-0.3, -0.25) is 10.1 Å². The first-order valence-electron chi connectivity index (χ1n) is 9.37. The van der Waals surface area contributed by atoms with Crippen LogP contribution in [0, 0.1) is 45.1 Å². The molecule has 0 radical (unpaired) electrons. The lowest BCUT2D eigenvalue weighted by atomic mass is 9.78. The van der Waals surface area contributed by atoms with Crippen LogP contribution in [-0.4, -0.2) is 4.92 Å². The molecule has 5 heteroatoms. The Morgan fingerprint density at radius 1 is 1.17 bits per heavy atom. The maximum atomic E-state index is 11.6. The summed E-state index contributed by atoms with van der Waals surface area (Å²) in [6.07, 6.45) is 6.31. The van der Waals surface area contributed by atoms with Crippen molar-refractivity contribution in [3.63, 3.8) is 0 Å². The van der Waals surface area contributed by atoms with Gasteiger partial charge in [0.2, 0.25) is 0 Å². The van der Waals surface area contributed by atoms with E-state index in [1.54, 1.807) is 0 Å². The molecule has 0 aliphatic heterocycles. The van der Waals surface area contributed by atoms with E-state index in [1.165, 1.54) is 12.1 Å². The van der Waals surface area contributed by atoms with Gasteiger partial charge in [-0.05, 0) is 56.0 Å². The van der Waals surface area contributed by atoms with E-state index >= 15 is 0 Å². The number of thiol groups is 1. The van der Waals surface area contributed by atoms with E-state index in [1.807, 2.05) is 24.3 Å². The van der Waals surface area contributed by atoms with Gasteiger partial charge >= 0.3 is 0 Å². The van der Waals surface area contributed by atoms with Crippen molar-refractivity contribution in [2.75, 3.05) is 5.73 Å². The van der Waals surface area contributed by atoms with Gasteiger partial charge in [-0.1, -0.05) is 42.8 Å². The highest BCUT2D eigenvalue weighted by molar-refractivity contribution is 7.80. The van der Waals surface area contributed by atoms with E-state index in [4.69, 9.17) is 5.73 Å². The summed E-state index contributed by atoms with van der Waals surface area (Å²) in [7, 11) is 0. The minimum atomic E-state index is -0.449. The Bertz CT molecular complexity index is 1100. The molecule has 4 nitrogen and oxygen atoms in total. The Kier molecular flexibility index (Phi) is 6.01. The molecule has 3 rings (SSSR count). The standard InChI is InChI=1S/C24H22N2O2S/c1-17-9-12-24(2,13-10-17)14-11-19-16-23(26(27)28)20(15-22(19)25)6-3-18-4-7-21(29)8-5-18/h4-5,7-9,12,15-17,29H,10,13,25H2,1-2H3. The number of hydrogen-bond donors (Lipinski definition) is 2. The van der Waals surface area contributed by atoms with Crippen LogP contribution in [0.15, 0.2) is 53.4 Å². The van der Waals surface area contributed by atoms with Gasteiger partial charge < -0.3 is 5.73 Å². The Morgan fingerprint density at radius 3 is 2.52 bits per heavy atom. The van der Waals surface area contributed by atoms with Gasteiger partial charge in [0.25, 0.3) is 5.69 Å². The second kappa shape index (κ2) is 8.47. The molecule has 0 bridgehead atoms. The van der Waals surface area contributed by atoms with Gasteiger partial charge in [0, 0.05) is 27.6 Å². The summed E-state index contributed by atoms with van der Waals surface area (Å²) < 4.78 is 0. The second-order valence-corrected chi connectivity index (χ2v) is 8.07. The molecule has 0 saturated heterocycles. The SMILES string of the molecule is CC1C=CC(C)(C#Cc2cc([N+](=O)[O-])c(C#Cc3ccc(S)cc3)cc2N)CC1. The van der Waals surface area contributed by atoms with Crippen molar-refractivity contribution < 1.29 is 4.92 Å². The Hall–Kier alpha value is -3.15. The number of anilines is 1. The lowest BCUT2D eigenvalue weighted by Crippen LogP contribution is -2.16. The number of benzene rings is 2. The molecule has 0 amide bonds. The maximum absolute atomic E-state index is 11.6. The highest BCUT2D eigenvalue weighted by Gasteiger charge is 2.23. The first kappa shape index (κ1) is 20.6. The zero-order valence-corrected chi connectivity index (χ0v) is 17.3. The summed E-state index contributed by atoms with van der Waals surface area (Å²) in [4.78, 5) is 11.9. The lowest BCUT2D eigenvalue weighted by Gasteiger charge is -2.25. The van der Waals surface area contributed by atoms with Crippen LogP contribution in [0.3, 0.4) is 0 Å². The van der Waals surface area contributed by atoms with Crippen LogP contribution in [0.1, 0.15) is 43.4 Å². The summed E-state index contributed by atoms with van der Waals surface area (Å²) in [5, 5.41) is 11.6. The number of nitrogen functional groups attached to an aromatic ring is 1. The highest BCUT2D eigenvalue weighted by atomic mass is 32.1. The summed E-state index contributed by atoms with van der Waals surface area (Å²) >= 11 is 4.23. The molecule has 0 saturated carbocycles. The molecule has 2 aromatic rings. The first-order chi connectivity index (χ1) is 13.8. The minimum Gasteiger partial charge on any atom is -0.398 e. The number of nitrogens with two attached hydrogens (primary N) is 1. The largest absolute Gasteiger partial charge is 0.398 e. The van der Waals surface area contributed by atoms with Crippen molar-refractivity contribution in [2.45, 2.75) is 31.6 Å². The average Bonchev–Trinajstić information content (AvgIpc) is 2.69. The van der Waals surface area contributed by atoms with Crippen LogP contribution in [0.4, 0.5) is 11.4 Å². The van der Waals surface area contributed by atoms with Crippen molar-refractivity contribution in [1.29, 1.82) is 0 Å². The topological polar surface area (TPSA) is 69.2 Å². The number of nitro benzene ring substituents is 1. The van der Waals surface area contributed by atoms with Crippen LogP contribution in [-0.2, 0) is 0 Å². The third kappa shape index (κ3) is 5.22. The fraction of sp³-hybridized carbons (Fsp3) is 0.250. The highest BCUT2D eigenvalue weighted by Crippen LogP contribution is 2.32. The van der Waals surface area contributed by atoms with Crippen LogP contribution in [0.2, 0.25) is 0 Å². The van der Waals surface area contributed by atoms with Crippen LogP contribution < -0.4 is 5.73 Å². The number of nitrogens with zero attached hydrogens (tertiary/aromatic N) is 1. The third-order valence-corrected chi connectivity index (χ3v) is 5.27. The van der Waals surface area contributed by atoms with Gasteiger partial charge in [-0.15, -0.1) is 12.6 Å². The van der Waals surface area contributed by atoms with E-state index in [2.05, 4.69) is 62.3 Å². The van der Waals surface area contributed by atoms with Gasteiger partial charge in [0.1, 0.15) is 5.56 Å². The number of rotatable bonds is 1. The van der Waals surface area contributed by atoms with E-state index in [0.717, 1.165) is 23.3 Å². The fourth-order valence-electron chi connectivity index (χ4n) is 3.05. The molecule has 0 heterocycles. The number of nitro groups is 1. The van der Waals surface area contributed by atoms with Crippen molar-refractivity contribution in [3.05, 3.63) is 75.4 Å². The predicted molar refractivity (Wildman–Crippen MR) is 120 cm³/mol. The molecule has 1 aliphatic rings. The predicted octanol–water partition coefficient (Wildman–Crippen LogP) is 5.21. The van der Waals surface area contributed by atoms with Crippen LogP contribution in [0.25, 0.3) is 0 Å². The van der Waals surface area contributed by atoms with Crippen molar-refractivity contribution in [3.8, 4) is 23.7 Å². The normalized spacial score (nSPS) is 20.2. The maximum Gasteiger partial charge on any atom is 0.286 e. The molecule has 2 unspecified atom stereocenters. The molecule has 1 aliphatic carbocycles. The Labute approximate surface area is 176 Å². The average molecular weight is 403 g/mol. The van der Waals surface area contributed by atoms with Gasteiger partial charge in [-0.2, -0.15) is 0 Å². The van der Waals surface area contributed by atoms with Gasteiger partial charge in [-0.25, -0.2) is 0 Å². The lowest BCUT2D eigenvalue weighted by molar-refractivity contribution is -0.385. The van der Waals surface area contributed by atoms with Crippen molar-refractivity contribution in [2.24, 2.45) is 11.3 Å². The molecule has 2 aromatic carbocycles. The number of hydrogen-bond acceptors (Lipinski definition) is 4. The second-order valence-electron chi connectivity index (χ2n) is 7.55. The minimum absolute atomic E-state index is 0.0974. The Balaban J connectivity index is 1.96. The molecular weight excluding hydrogens is 380 g/mol. The summed E-state index contributed by atoms with van der Waals surface area (Å²) in [5.41, 5.74) is 7.65.